The molecule has 152 valence electrons. The Morgan fingerprint density at radius 3 is 2.93 bits per heavy atom. The number of carbonyl (C=O) groups excluding carboxylic acids is 1. The molecular formula is C20H23N5O3S. The molecule has 1 N–H and O–H groups in total. The second-order valence-electron chi connectivity index (χ2n) is 6.81. The molecule has 0 spiro atoms. The molecule has 0 bridgehead atoms. The molecule has 9 heteroatoms. The molecule has 0 radical (unpaired) electrons. The number of carbonyl (C=O) groups is 1. The van der Waals surface area contributed by atoms with Gasteiger partial charge in [-0.15, -0.1) is 0 Å². The van der Waals surface area contributed by atoms with Gasteiger partial charge >= 0.3 is 0 Å². The molecule has 1 amide bonds. The van der Waals surface area contributed by atoms with Gasteiger partial charge in [0.15, 0.2) is 16.3 Å². The number of anilines is 1. The summed E-state index contributed by atoms with van der Waals surface area (Å²) in [4.78, 5) is 38.1. The summed E-state index contributed by atoms with van der Waals surface area (Å²) in [7, 11) is 0. The zero-order chi connectivity index (χ0) is 20.2. The standard InChI is InChI=1S/C20H23N5O3S/c1-2-24(14-7-4-3-5-8-14)16(26)12-29-20-23-17-18(21-13-22-19(17)27)25(20)11-15-9-6-10-28-15/h3-5,7-8,13,15H,2,6,9-12H2,1H3,(H,21,22,27)/t15-/m1/s1. The summed E-state index contributed by atoms with van der Waals surface area (Å²) in [6.07, 6.45) is 3.44. The molecule has 0 saturated carbocycles. The van der Waals surface area contributed by atoms with Gasteiger partial charge in [0.25, 0.3) is 5.56 Å². The van der Waals surface area contributed by atoms with Crippen LogP contribution in [0.3, 0.4) is 0 Å². The molecule has 8 nitrogen and oxygen atoms in total. The van der Waals surface area contributed by atoms with Crippen molar-refractivity contribution in [1.82, 2.24) is 19.5 Å². The van der Waals surface area contributed by atoms with Gasteiger partial charge in [0.2, 0.25) is 5.91 Å². The van der Waals surface area contributed by atoms with Crippen LogP contribution >= 0.6 is 11.8 Å². The number of amides is 1. The third-order valence-electron chi connectivity index (χ3n) is 4.92. The van der Waals surface area contributed by atoms with Crippen LogP contribution in [-0.2, 0) is 16.1 Å². The Morgan fingerprint density at radius 1 is 1.38 bits per heavy atom. The van der Waals surface area contributed by atoms with Gasteiger partial charge in [0, 0.05) is 18.8 Å². The summed E-state index contributed by atoms with van der Waals surface area (Å²) in [5, 5.41) is 0.608. The Hall–Kier alpha value is -2.65. The minimum Gasteiger partial charge on any atom is -0.376 e. The van der Waals surface area contributed by atoms with E-state index in [1.54, 1.807) is 4.90 Å². The van der Waals surface area contributed by atoms with E-state index in [9.17, 15) is 9.59 Å². The van der Waals surface area contributed by atoms with Crippen molar-refractivity contribution in [2.24, 2.45) is 0 Å². The normalized spacial score (nSPS) is 16.4. The van der Waals surface area contributed by atoms with E-state index in [0.29, 0.717) is 23.9 Å². The van der Waals surface area contributed by atoms with Crippen molar-refractivity contribution in [3.05, 3.63) is 47.0 Å². The molecule has 2 aromatic heterocycles. The zero-order valence-corrected chi connectivity index (χ0v) is 17.0. The third-order valence-corrected chi connectivity index (χ3v) is 5.88. The number of nitrogens with one attached hydrogen (secondary N) is 1. The van der Waals surface area contributed by atoms with E-state index in [1.165, 1.54) is 18.1 Å². The van der Waals surface area contributed by atoms with Crippen LogP contribution in [0.15, 0.2) is 46.6 Å². The SMILES string of the molecule is CCN(C(=O)CSc1nc2c(=O)[nH]cnc2n1C[C@H]1CCCO1)c1ccccc1. The molecule has 1 aromatic carbocycles. The average Bonchev–Trinajstić information content (AvgIpc) is 3.37. The number of imidazole rings is 1. The van der Waals surface area contributed by atoms with E-state index in [2.05, 4.69) is 15.0 Å². The minimum absolute atomic E-state index is 0.0127. The van der Waals surface area contributed by atoms with Crippen LogP contribution in [0, 0.1) is 0 Å². The minimum atomic E-state index is -0.284. The number of H-pyrrole nitrogens is 1. The first-order chi connectivity index (χ1) is 14.2. The van der Waals surface area contributed by atoms with E-state index in [1.807, 2.05) is 41.8 Å². The van der Waals surface area contributed by atoms with Gasteiger partial charge in [-0.05, 0) is 31.9 Å². The molecule has 3 heterocycles. The van der Waals surface area contributed by atoms with E-state index in [0.717, 1.165) is 25.1 Å². The number of fused-ring (bicyclic) bond motifs is 1. The fourth-order valence-corrected chi connectivity index (χ4v) is 4.39. The molecule has 4 rings (SSSR count). The Morgan fingerprint density at radius 2 is 2.21 bits per heavy atom. The number of hydrogen-bond donors (Lipinski definition) is 1. The van der Waals surface area contributed by atoms with Crippen molar-refractivity contribution in [3.8, 4) is 0 Å². The predicted octanol–water partition coefficient (Wildman–Crippen LogP) is 2.44. The first-order valence-corrected chi connectivity index (χ1v) is 10.7. The number of nitrogens with zero attached hydrogens (tertiary/aromatic N) is 4. The molecule has 1 fully saturated rings. The van der Waals surface area contributed by atoms with Gasteiger partial charge in [-0.25, -0.2) is 9.97 Å². The lowest BCUT2D eigenvalue weighted by atomic mass is 10.2. The number of hydrogen-bond acceptors (Lipinski definition) is 6. The number of thioether (sulfide) groups is 1. The van der Waals surface area contributed by atoms with Gasteiger partial charge in [0.1, 0.15) is 0 Å². The maximum absolute atomic E-state index is 12.8. The monoisotopic (exact) mass is 413 g/mol. The molecule has 3 aromatic rings. The van der Waals surface area contributed by atoms with Crippen molar-refractivity contribution < 1.29 is 9.53 Å². The number of ether oxygens (including phenoxy) is 1. The zero-order valence-electron chi connectivity index (χ0n) is 16.2. The van der Waals surface area contributed by atoms with Gasteiger partial charge < -0.3 is 19.2 Å². The fourth-order valence-electron chi connectivity index (χ4n) is 3.51. The quantitative estimate of drug-likeness (QED) is 0.598. The maximum Gasteiger partial charge on any atom is 0.278 e. The summed E-state index contributed by atoms with van der Waals surface area (Å²) in [5.74, 6) is 0.205. The van der Waals surface area contributed by atoms with E-state index in [4.69, 9.17) is 4.74 Å². The van der Waals surface area contributed by atoms with E-state index in [-0.39, 0.29) is 28.8 Å². The molecule has 0 unspecified atom stereocenters. The lowest BCUT2D eigenvalue weighted by Crippen LogP contribution is -2.32. The van der Waals surface area contributed by atoms with Crippen molar-refractivity contribution in [2.45, 2.75) is 37.6 Å². The molecule has 29 heavy (non-hydrogen) atoms. The molecule has 1 aliphatic rings. The average molecular weight is 414 g/mol. The highest BCUT2D eigenvalue weighted by molar-refractivity contribution is 7.99. The van der Waals surface area contributed by atoms with Crippen LogP contribution in [0.4, 0.5) is 5.69 Å². The topological polar surface area (TPSA) is 93.1 Å². The molecule has 1 aliphatic heterocycles. The van der Waals surface area contributed by atoms with Crippen LogP contribution in [0.1, 0.15) is 19.8 Å². The van der Waals surface area contributed by atoms with Crippen molar-refractivity contribution >= 4 is 34.5 Å². The van der Waals surface area contributed by atoms with Crippen LogP contribution in [-0.4, -0.2) is 50.4 Å². The smallest absolute Gasteiger partial charge is 0.278 e. The maximum atomic E-state index is 12.8. The Kier molecular flexibility index (Phi) is 5.96. The summed E-state index contributed by atoms with van der Waals surface area (Å²) in [6, 6.07) is 9.59. The molecule has 0 aliphatic carbocycles. The number of aromatic nitrogens is 4. The largest absolute Gasteiger partial charge is 0.376 e. The Labute approximate surface area is 172 Å². The lowest BCUT2D eigenvalue weighted by Gasteiger charge is -2.21. The van der Waals surface area contributed by atoms with Crippen LogP contribution in [0.25, 0.3) is 11.2 Å². The second-order valence-corrected chi connectivity index (χ2v) is 7.75. The fraction of sp³-hybridized carbons (Fsp3) is 0.400. The number of aromatic amines is 1. The van der Waals surface area contributed by atoms with Gasteiger partial charge in [-0.3, -0.25) is 9.59 Å². The second kappa shape index (κ2) is 8.79. The van der Waals surface area contributed by atoms with Crippen LogP contribution < -0.4 is 10.5 Å². The number of rotatable bonds is 7. The van der Waals surface area contributed by atoms with Crippen molar-refractivity contribution in [1.29, 1.82) is 0 Å². The summed E-state index contributed by atoms with van der Waals surface area (Å²) in [5.41, 5.74) is 1.39. The predicted molar refractivity (Wildman–Crippen MR) is 112 cm³/mol. The first-order valence-electron chi connectivity index (χ1n) is 9.71. The Bertz CT molecular complexity index is 1040. The van der Waals surface area contributed by atoms with Crippen molar-refractivity contribution in [2.75, 3.05) is 23.8 Å². The van der Waals surface area contributed by atoms with Gasteiger partial charge in [-0.1, -0.05) is 30.0 Å². The number of para-hydroxylation sites is 1. The van der Waals surface area contributed by atoms with Crippen molar-refractivity contribution in [3.63, 3.8) is 0 Å². The van der Waals surface area contributed by atoms with Crippen LogP contribution in [0.2, 0.25) is 0 Å². The van der Waals surface area contributed by atoms with E-state index < -0.39 is 0 Å². The third kappa shape index (κ3) is 4.20. The first kappa shape index (κ1) is 19.7. The van der Waals surface area contributed by atoms with Crippen LogP contribution in [0.5, 0.6) is 0 Å². The highest BCUT2D eigenvalue weighted by Gasteiger charge is 2.23. The molecule has 1 atom stereocenters. The molecular weight excluding hydrogens is 390 g/mol. The summed E-state index contributed by atoms with van der Waals surface area (Å²) in [6.45, 7) is 3.84. The molecule has 1 saturated heterocycles. The summed E-state index contributed by atoms with van der Waals surface area (Å²) < 4.78 is 7.65. The highest BCUT2D eigenvalue weighted by atomic mass is 32.2. The summed E-state index contributed by atoms with van der Waals surface area (Å²) >= 11 is 1.32. The highest BCUT2D eigenvalue weighted by Crippen LogP contribution is 2.25. The Balaban J connectivity index is 1.57. The lowest BCUT2D eigenvalue weighted by molar-refractivity contribution is -0.116. The number of benzene rings is 1. The van der Waals surface area contributed by atoms with E-state index >= 15 is 0 Å². The van der Waals surface area contributed by atoms with Gasteiger partial charge in [-0.2, -0.15) is 0 Å². The van der Waals surface area contributed by atoms with Gasteiger partial charge in [0.05, 0.1) is 24.7 Å².